The Bertz CT molecular complexity index is 623. The van der Waals surface area contributed by atoms with Gasteiger partial charge in [-0.15, -0.1) is 0 Å². The smallest absolute Gasteiger partial charge is 0.265 e. The second-order valence-corrected chi connectivity index (χ2v) is 4.13. The lowest BCUT2D eigenvalue weighted by molar-refractivity contribution is 0.0953. The number of hydrogen-bond donors (Lipinski definition) is 2. The van der Waals surface area contributed by atoms with Crippen molar-refractivity contribution in [2.75, 3.05) is 0 Å². The fourth-order valence-electron chi connectivity index (χ4n) is 2.15. The minimum absolute atomic E-state index is 0.290. The molecule has 0 atom stereocenters. The van der Waals surface area contributed by atoms with Crippen molar-refractivity contribution in [3.8, 4) is 16.9 Å². The van der Waals surface area contributed by atoms with Gasteiger partial charge in [-0.25, -0.2) is 5.84 Å². The van der Waals surface area contributed by atoms with Gasteiger partial charge in [0.2, 0.25) is 0 Å². The summed E-state index contributed by atoms with van der Waals surface area (Å²) in [7, 11) is 0. The SMILES string of the molecule is NNC(=O)c1ccc2c(c1)-c1ccccc1OC2. The van der Waals surface area contributed by atoms with Crippen LogP contribution in [0.15, 0.2) is 42.5 Å². The third-order valence-electron chi connectivity index (χ3n) is 3.06. The number of rotatable bonds is 1. The standard InChI is InChI=1S/C14H12N2O2/c15-16-14(17)9-5-6-10-8-18-13-4-2-1-3-11(13)12(10)7-9/h1-7H,8,15H2,(H,16,17). The van der Waals surface area contributed by atoms with Crippen LogP contribution in [0.5, 0.6) is 5.75 Å². The van der Waals surface area contributed by atoms with Crippen molar-refractivity contribution in [1.29, 1.82) is 0 Å². The quantitative estimate of drug-likeness (QED) is 0.454. The van der Waals surface area contributed by atoms with E-state index in [9.17, 15) is 4.79 Å². The normalized spacial score (nSPS) is 12.1. The van der Waals surface area contributed by atoms with Crippen molar-refractivity contribution in [3.63, 3.8) is 0 Å². The van der Waals surface area contributed by atoms with E-state index < -0.39 is 0 Å². The third kappa shape index (κ3) is 1.63. The zero-order chi connectivity index (χ0) is 12.5. The van der Waals surface area contributed by atoms with Gasteiger partial charge in [-0.05, 0) is 29.3 Å². The third-order valence-corrected chi connectivity index (χ3v) is 3.06. The van der Waals surface area contributed by atoms with Crippen LogP contribution in [0.3, 0.4) is 0 Å². The molecule has 2 aromatic carbocycles. The number of nitrogen functional groups attached to an aromatic ring is 1. The van der Waals surface area contributed by atoms with Gasteiger partial charge in [-0.2, -0.15) is 0 Å². The Morgan fingerprint density at radius 1 is 1.17 bits per heavy atom. The number of nitrogens with one attached hydrogen (secondary N) is 1. The van der Waals surface area contributed by atoms with Crippen molar-refractivity contribution in [2.45, 2.75) is 6.61 Å². The van der Waals surface area contributed by atoms with Crippen LogP contribution in [-0.2, 0) is 6.61 Å². The van der Waals surface area contributed by atoms with Crippen molar-refractivity contribution in [3.05, 3.63) is 53.6 Å². The number of carbonyl (C=O) groups is 1. The average Bonchev–Trinajstić information content (AvgIpc) is 2.45. The first-order valence-corrected chi connectivity index (χ1v) is 5.65. The van der Waals surface area contributed by atoms with Gasteiger partial charge in [0.25, 0.3) is 5.91 Å². The Labute approximate surface area is 104 Å². The molecule has 3 N–H and O–H groups in total. The van der Waals surface area contributed by atoms with Crippen molar-refractivity contribution < 1.29 is 9.53 Å². The molecule has 90 valence electrons. The van der Waals surface area contributed by atoms with E-state index in [0.29, 0.717) is 12.2 Å². The largest absolute Gasteiger partial charge is 0.488 e. The molecule has 3 rings (SSSR count). The molecule has 0 aliphatic carbocycles. The van der Waals surface area contributed by atoms with Gasteiger partial charge >= 0.3 is 0 Å². The summed E-state index contributed by atoms with van der Waals surface area (Å²) >= 11 is 0. The Kier molecular flexibility index (Phi) is 2.50. The summed E-state index contributed by atoms with van der Waals surface area (Å²) in [6, 6.07) is 13.3. The molecule has 1 heterocycles. The van der Waals surface area contributed by atoms with Gasteiger partial charge < -0.3 is 4.74 Å². The van der Waals surface area contributed by atoms with Gasteiger partial charge in [0, 0.05) is 11.1 Å². The van der Waals surface area contributed by atoms with Crippen LogP contribution >= 0.6 is 0 Å². The minimum atomic E-state index is -0.290. The summed E-state index contributed by atoms with van der Waals surface area (Å²) < 4.78 is 5.65. The number of hydrazine groups is 1. The molecule has 1 aliphatic rings. The van der Waals surface area contributed by atoms with Crippen LogP contribution in [0.2, 0.25) is 0 Å². The summed E-state index contributed by atoms with van der Waals surface area (Å²) in [6.45, 7) is 0.525. The van der Waals surface area contributed by atoms with Crippen molar-refractivity contribution >= 4 is 5.91 Å². The molecule has 4 heteroatoms. The highest BCUT2D eigenvalue weighted by Crippen LogP contribution is 2.37. The van der Waals surface area contributed by atoms with Gasteiger partial charge in [-0.1, -0.05) is 24.3 Å². The lowest BCUT2D eigenvalue weighted by atomic mass is 9.95. The lowest BCUT2D eigenvalue weighted by Gasteiger charge is -2.21. The first-order valence-electron chi connectivity index (χ1n) is 5.65. The van der Waals surface area contributed by atoms with Crippen molar-refractivity contribution in [2.24, 2.45) is 5.84 Å². The molecule has 4 nitrogen and oxygen atoms in total. The molecule has 0 aromatic heterocycles. The zero-order valence-electron chi connectivity index (χ0n) is 9.64. The molecule has 0 bridgehead atoms. The minimum Gasteiger partial charge on any atom is -0.488 e. The van der Waals surface area contributed by atoms with Crippen LogP contribution in [0, 0.1) is 0 Å². The Hall–Kier alpha value is -2.33. The Balaban J connectivity index is 2.16. The second-order valence-electron chi connectivity index (χ2n) is 4.13. The van der Waals surface area contributed by atoms with E-state index in [-0.39, 0.29) is 5.91 Å². The Morgan fingerprint density at radius 3 is 2.83 bits per heavy atom. The maximum atomic E-state index is 11.5. The first kappa shape index (κ1) is 10.8. The van der Waals surface area contributed by atoms with Crippen LogP contribution in [-0.4, -0.2) is 5.91 Å². The maximum Gasteiger partial charge on any atom is 0.265 e. The van der Waals surface area contributed by atoms with Gasteiger partial charge in [-0.3, -0.25) is 10.2 Å². The fraction of sp³-hybridized carbons (Fsp3) is 0.0714. The summed E-state index contributed by atoms with van der Waals surface area (Å²) in [5.74, 6) is 5.70. The zero-order valence-corrected chi connectivity index (χ0v) is 9.64. The molecule has 1 aliphatic heterocycles. The van der Waals surface area contributed by atoms with E-state index in [0.717, 1.165) is 22.4 Å². The molecule has 0 saturated heterocycles. The monoisotopic (exact) mass is 240 g/mol. The van der Waals surface area contributed by atoms with Crippen molar-refractivity contribution in [1.82, 2.24) is 5.43 Å². The molecular weight excluding hydrogens is 228 g/mol. The van der Waals surface area contributed by atoms with Crippen LogP contribution in [0.1, 0.15) is 15.9 Å². The molecule has 0 saturated carbocycles. The summed E-state index contributed by atoms with van der Waals surface area (Å²) in [5.41, 5.74) is 5.79. The van der Waals surface area contributed by atoms with Crippen LogP contribution in [0.4, 0.5) is 0 Å². The van der Waals surface area contributed by atoms with Gasteiger partial charge in [0.1, 0.15) is 12.4 Å². The molecular formula is C14H12N2O2. The van der Waals surface area contributed by atoms with E-state index in [4.69, 9.17) is 10.6 Å². The molecule has 18 heavy (non-hydrogen) atoms. The number of amides is 1. The number of hydrogen-bond acceptors (Lipinski definition) is 3. The van der Waals surface area contributed by atoms with E-state index in [1.807, 2.05) is 36.4 Å². The van der Waals surface area contributed by atoms with E-state index >= 15 is 0 Å². The highest BCUT2D eigenvalue weighted by atomic mass is 16.5. The number of ether oxygens (including phenoxy) is 1. The molecule has 0 unspecified atom stereocenters. The van der Waals surface area contributed by atoms with Gasteiger partial charge in [0.15, 0.2) is 0 Å². The predicted octanol–water partition coefficient (Wildman–Crippen LogP) is 1.85. The lowest BCUT2D eigenvalue weighted by Crippen LogP contribution is -2.30. The topological polar surface area (TPSA) is 64.3 Å². The fourth-order valence-corrected chi connectivity index (χ4v) is 2.15. The first-order chi connectivity index (χ1) is 8.79. The maximum absolute atomic E-state index is 11.5. The molecule has 0 radical (unpaired) electrons. The number of benzene rings is 2. The number of para-hydroxylation sites is 1. The van der Waals surface area contributed by atoms with Gasteiger partial charge in [0.05, 0.1) is 0 Å². The van der Waals surface area contributed by atoms with Crippen LogP contribution in [0.25, 0.3) is 11.1 Å². The average molecular weight is 240 g/mol. The summed E-state index contributed by atoms with van der Waals surface area (Å²) in [6.07, 6.45) is 0. The van der Waals surface area contributed by atoms with E-state index in [1.165, 1.54) is 0 Å². The van der Waals surface area contributed by atoms with E-state index in [1.54, 1.807) is 6.07 Å². The Morgan fingerprint density at radius 2 is 2.00 bits per heavy atom. The summed E-state index contributed by atoms with van der Waals surface area (Å²) in [5, 5.41) is 0. The molecule has 1 amide bonds. The predicted molar refractivity (Wildman–Crippen MR) is 67.9 cm³/mol. The molecule has 2 aromatic rings. The highest BCUT2D eigenvalue weighted by Gasteiger charge is 2.18. The number of fused-ring (bicyclic) bond motifs is 3. The molecule has 0 fully saturated rings. The summed E-state index contributed by atoms with van der Waals surface area (Å²) in [4.78, 5) is 11.5. The highest BCUT2D eigenvalue weighted by molar-refractivity contribution is 5.95. The van der Waals surface area contributed by atoms with E-state index in [2.05, 4.69) is 5.43 Å². The van der Waals surface area contributed by atoms with Crippen LogP contribution < -0.4 is 16.0 Å². The second kappa shape index (κ2) is 4.16. The molecule has 0 spiro atoms. The number of nitrogens with two attached hydrogens (primary N) is 1. The number of carbonyl (C=O) groups excluding carboxylic acids is 1.